The first kappa shape index (κ1) is 16.4. The molecule has 2 aromatic rings. The van der Waals surface area contributed by atoms with E-state index in [1.807, 2.05) is 30.3 Å². The molecule has 0 aliphatic carbocycles. The molecule has 5 nitrogen and oxygen atoms in total. The Morgan fingerprint density at radius 2 is 1.96 bits per heavy atom. The Hall–Kier alpha value is -2.05. The van der Waals surface area contributed by atoms with Crippen molar-refractivity contribution in [3.63, 3.8) is 0 Å². The van der Waals surface area contributed by atoms with Crippen molar-refractivity contribution < 1.29 is 4.79 Å². The second-order valence-electron chi connectivity index (χ2n) is 6.59. The molecule has 3 heterocycles. The van der Waals surface area contributed by atoms with E-state index in [-0.39, 0.29) is 11.8 Å². The largest absolute Gasteiger partial charge is 0.354 e. The lowest BCUT2D eigenvalue weighted by atomic mass is 10.0. The number of fused-ring (bicyclic) bond motifs is 1. The van der Waals surface area contributed by atoms with Crippen LogP contribution in [-0.2, 0) is 4.79 Å². The number of rotatable bonds is 3. The third-order valence-corrected chi connectivity index (χ3v) is 6.04. The monoisotopic (exact) mass is 354 g/mol. The summed E-state index contributed by atoms with van der Waals surface area (Å²) in [6.07, 6.45) is 1.76. The van der Waals surface area contributed by atoms with E-state index in [2.05, 4.69) is 33.2 Å². The van der Waals surface area contributed by atoms with Gasteiger partial charge >= 0.3 is 0 Å². The molecule has 1 saturated heterocycles. The van der Waals surface area contributed by atoms with E-state index < -0.39 is 0 Å². The molecule has 0 saturated carbocycles. The van der Waals surface area contributed by atoms with Crippen LogP contribution in [0.4, 0.5) is 11.5 Å². The Morgan fingerprint density at radius 3 is 2.72 bits per heavy atom. The van der Waals surface area contributed by atoms with E-state index in [1.165, 1.54) is 4.90 Å². The maximum absolute atomic E-state index is 12.6. The Labute approximate surface area is 152 Å². The summed E-state index contributed by atoms with van der Waals surface area (Å²) in [5.74, 6) is 1.75. The van der Waals surface area contributed by atoms with Gasteiger partial charge in [-0.3, -0.25) is 4.79 Å². The number of nitrogens with one attached hydrogen (secondary N) is 1. The van der Waals surface area contributed by atoms with Crippen LogP contribution >= 0.6 is 11.8 Å². The van der Waals surface area contributed by atoms with Gasteiger partial charge in [0.1, 0.15) is 5.82 Å². The molecule has 2 aliphatic rings. The number of amides is 1. The van der Waals surface area contributed by atoms with Gasteiger partial charge in [0.05, 0.1) is 17.8 Å². The van der Waals surface area contributed by atoms with Gasteiger partial charge in [0.15, 0.2) is 0 Å². The van der Waals surface area contributed by atoms with Crippen LogP contribution in [-0.4, -0.2) is 54.8 Å². The number of likely N-dealkylation sites (N-methyl/N-ethyl adjacent to an activating group) is 1. The summed E-state index contributed by atoms with van der Waals surface area (Å²) in [7, 11) is 2.14. The van der Waals surface area contributed by atoms with E-state index in [0.29, 0.717) is 0 Å². The molecule has 0 spiro atoms. The lowest BCUT2D eigenvalue weighted by Gasteiger charge is -2.33. The first-order valence-electron chi connectivity index (χ1n) is 8.63. The number of thioether (sulfide) groups is 1. The minimum absolute atomic E-state index is 0.0478. The van der Waals surface area contributed by atoms with E-state index in [0.717, 1.165) is 49.0 Å². The number of anilines is 2. The molecule has 0 radical (unpaired) electrons. The number of carbonyl (C=O) groups is 1. The number of aromatic nitrogens is 1. The quantitative estimate of drug-likeness (QED) is 0.918. The fourth-order valence-electron chi connectivity index (χ4n) is 3.29. The highest BCUT2D eigenvalue weighted by Crippen LogP contribution is 2.39. The molecule has 130 valence electrons. The summed E-state index contributed by atoms with van der Waals surface area (Å²) < 4.78 is 0. The van der Waals surface area contributed by atoms with Gasteiger partial charge in [0, 0.05) is 36.8 Å². The fraction of sp³-hybridized carbons (Fsp3) is 0.368. The Balaban J connectivity index is 1.41. The van der Waals surface area contributed by atoms with Crippen molar-refractivity contribution in [2.24, 2.45) is 0 Å². The summed E-state index contributed by atoms with van der Waals surface area (Å²) in [4.78, 5) is 23.0. The summed E-state index contributed by atoms with van der Waals surface area (Å²) in [5, 5.41) is 3.02. The Kier molecular flexibility index (Phi) is 4.63. The third-order valence-electron chi connectivity index (χ3n) is 4.86. The van der Waals surface area contributed by atoms with Gasteiger partial charge in [-0.25, -0.2) is 4.98 Å². The Morgan fingerprint density at radius 1 is 1.16 bits per heavy atom. The van der Waals surface area contributed by atoms with Crippen LogP contribution in [0.2, 0.25) is 0 Å². The highest BCUT2D eigenvalue weighted by molar-refractivity contribution is 7.99. The SMILES string of the molecule is CN1CCN(c2ccc(NC(=O)C3CSc4ccccc43)cn2)CC1. The summed E-state index contributed by atoms with van der Waals surface area (Å²) in [5.41, 5.74) is 1.89. The maximum Gasteiger partial charge on any atom is 0.232 e. The molecule has 6 heteroatoms. The van der Waals surface area contributed by atoms with E-state index >= 15 is 0 Å². The van der Waals surface area contributed by atoms with Crippen LogP contribution in [0.5, 0.6) is 0 Å². The molecule has 1 N–H and O–H groups in total. The van der Waals surface area contributed by atoms with Crippen LogP contribution in [0.1, 0.15) is 11.5 Å². The van der Waals surface area contributed by atoms with Crippen molar-refractivity contribution in [3.05, 3.63) is 48.2 Å². The number of carbonyl (C=O) groups excluding carboxylic acids is 1. The molecule has 1 aromatic carbocycles. The molecule has 1 unspecified atom stereocenters. The highest BCUT2D eigenvalue weighted by Gasteiger charge is 2.29. The van der Waals surface area contributed by atoms with Crippen molar-refractivity contribution in [1.82, 2.24) is 9.88 Å². The van der Waals surface area contributed by atoms with Gasteiger partial charge < -0.3 is 15.1 Å². The number of pyridine rings is 1. The average Bonchev–Trinajstić information content (AvgIpc) is 3.07. The van der Waals surface area contributed by atoms with Gasteiger partial charge in [-0.2, -0.15) is 0 Å². The van der Waals surface area contributed by atoms with Gasteiger partial charge in [0.2, 0.25) is 5.91 Å². The minimum atomic E-state index is -0.0847. The molecule has 1 aromatic heterocycles. The number of piperazine rings is 1. The molecule has 1 fully saturated rings. The topological polar surface area (TPSA) is 48.5 Å². The molecule has 1 atom stereocenters. The first-order chi connectivity index (χ1) is 12.2. The Bertz CT molecular complexity index is 756. The predicted octanol–water partition coefficient (Wildman–Crippen LogP) is 2.66. The molecule has 1 amide bonds. The van der Waals surface area contributed by atoms with Crippen molar-refractivity contribution in [1.29, 1.82) is 0 Å². The normalized spacial score (nSPS) is 20.4. The summed E-state index contributed by atoms with van der Waals surface area (Å²) in [6, 6.07) is 12.1. The molecule has 4 rings (SSSR count). The zero-order valence-electron chi connectivity index (χ0n) is 14.3. The minimum Gasteiger partial charge on any atom is -0.354 e. The molecular formula is C19H22N4OS. The fourth-order valence-corrected chi connectivity index (χ4v) is 4.52. The van der Waals surface area contributed by atoms with Crippen molar-refractivity contribution in [2.45, 2.75) is 10.8 Å². The van der Waals surface area contributed by atoms with E-state index in [9.17, 15) is 4.79 Å². The van der Waals surface area contributed by atoms with Crippen molar-refractivity contribution in [2.75, 3.05) is 49.2 Å². The van der Waals surface area contributed by atoms with Crippen LogP contribution in [0.3, 0.4) is 0 Å². The molecular weight excluding hydrogens is 332 g/mol. The lowest BCUT2D eigenvalue weighted by Crippen LogP contribution is -2.44. The molecule has 25 heavy (non-hydrogen) atoms. The molecule has 0 bridgehead atoms. The zero-order chi connectivity index (χ0) is 17.2. The number of hydrogen-bond acceptors (Lipinski definition) is 5. The predicted molar refractivity (Wildman–Crippen MR) is 102 cm³/mol. The smallest absolute Gasteiger partial charge is 0.232 e. The number of hydrogen-bond donors (Lipinski definition) is 1. The summed E-state index contributed by atoms with van der Waals surface area (Å²) in [6.45, 7) is 4.09. The lowest BCUT2D eigenvalue weighted by molar-refractivity contribution is -0.117. The number of benzene rings is 1. The number of nitrogens with zero attached hydrogens (tertiary/aromatic N) is 3. The zero-order valence-corrected chi connectivity index (χ0v) is 15.1. The first-order valence-corrected chi connectivity index (χ1v) is 9.61. The summed E-state index contributed by atoms with van der Waals surface area (Å²) >= 11 is 1.75. The maximum atomic E-state index is 12.6. The highest BCUT2D eigenvalue weighted by atomic mass is 32.2. The van der Waals surface area contributed by atoms with Gasteiger partial charge in [0.25, 0.3) is 0 Å². The van der Waals surface area contributed by atoms with Gasteiger partial charge in [-0.15, -0.1) is 11.8 Å². The van der Waals surface area contributed by atoms with Crippen molar-refractivity contribution >= 4 is 29.2 Å². The third kappa shape index (κ3) is 3.50. The van der Waals surface area contributed by atoms with E-state index in [1.54, 1.807) is 18.0 Å². The van der Waals surface area contributed by atoms with E-state index in [4.69, 9.17) is 0 Å². The average molecular weight is 354 g/mol. The van der Waals surface area contributed by atoms with Crippen LogP contribution < -0.4 is 10.2 Å². The molecule has 2 aliphatic heterocycles. The van der Waals surface area contributed by atoms with Crippen LogP contribution in [0.25, 0.3) is 0 Å². The second kappa shape index (κ2) is 7.06. The van der Waals surface area contributed by atoms with Crippen LogP contribution in [0, 0.1) is 0 Å². The van der Waals surface area contributed by atoms with Gasteiger partial charge in [-0.1, -0.05) is 18.2 Å². The van der Waals surface area contributed by atoms with Crippen molar-refractivity contribution in [3.8, 4) is 0 Å². The van der Waals surface area contributed by atoms with Gasteiger partial charge in [-0.05, 0) is 30.8 Å². The standard InChI is InChI=1S/C19H22N4OS/c1-22-8-10-23(11-9-22)18-7-6-14(12-20-18)21-19(24)16-13-25-17-5-3-2-4-15(16)17/h2-7,12,16H,8-11,13H2,1H3,(H,21,24). The van der Waals surface area contributed by atoms with Crippen LogP contribution in [0.15, 0.2) is 47.5 Å². The second-order valence-corrected chi connectivity index (χ2v) is 7.65.